The molecule has 0 unspecified atom stereocenters. The Balaban J connectivity index is 1.37. The van der Waals surface area contributed by atoms with Crippen molar-refractivity contribution in [2.24, 2.45) is 5.92 Å². The second-order valence-corrected chi connectivity index (χ2v) is 8.51. The molecule has 1 N–H and O–H groups in total. The third kappa shape index (κ3) is 4.25. The highest BCUT2D eigenvalue weighted by Gasteiger charge is 2.27. The first-order valence-corrected chi connectivity index (χ1v) is 11.1. The average molecular weight is 399 g/mol. The molecule has 7 heteroatoms. The van der Waals surface area contributed by atoms with Crippen molar-refractivity contribution in [3.8, 4) is 0 Å². The molecule has 1 atom stereocenters. The molecule has 1 aromatic carbocycles. The number of amides is 1. The number of hydrogen-bond acceptors (Lipinski definition) is 6. The van der Waals surface area contributed by atoms with E-state index in [-0.39, 0.29) is 11.8 Å². The van der Waals surface area contributed by atoms with Crippen LogP contribution in [-0.2, 0) is 11.3 Å². The number of thioether (sulfide) groups is 1. The van der Waals surface area contributed by atoms with E-state index in [1.54, 1.807) is 29.3 Å². The lowest BCUT2D eigenvalue weighted by atomic mass is 9.97. The van der Waals surface area contributed by atoms with Gasteiger partial charge in [0.25, 0.3) is 0 Å². The van der Waals surface area contributed by atoms with Gasteiger partial charge in [0.05, 0.1) is 5.92 Å². The molecule has 4 rings (SSSR count). The summed E-state index contributed by atoms with van der Waals surface area (Å²) in [5.74, 6) is 0.136. The zero-order valence-corrected chi connectivity index (χ0v) is 16.9. The van der Waals surface area contributed by atoms with Crippen molar-refractivity contribution in [3.63, 3.8) is 0 Å². The number of carbonyl (C=O) groups is 1. The first-order valence-electron chi connectivity index (χ1n) is 9.10. The van der Waals surface area contributed by atoms with Crippen LogP contribution in [0.3, 0.4) is 0 Å². The van der Waals surface area contributed by atoms with Crippen LogP contribution in [-0.4, -0.2) is 35.2 Å². The Morgan fingerprint density at radius 1 is 1.33 bits per heavy atom. The highest BCUT2D eigenvalue weighted by atomic mass is 32.2. The van der Waals surface area contributed by atoms with E-state index in [0.717, 1.165) is 47.0 Å². The quantitative estimate of drug-likeness (QED) is 0.660. The van der Waals surface area contributed by atoms with Crippen molar-refractivity contribution in [2.75, 3.05) is 24.2 Å². The molecule has 2 aromatic heterocycles. The summed E-state index contributed by atoms with van der Waals surface area (Å²) in [7, 11) is 0. The fourth-order valence-electron chi connectivity index (χ4n) is 3.34. The molecule has 3 heterocycles. The van der Waals surface area contributed by atoms with Crippen LogP contribution in [0, 0.1) is 5.92 Å². The maximum absolute atomic E-state index is 12.7. The number of rotatable bonds is 5. The Hall–Kier alpha value is -2.12. The van der Waals surface area contributed by atoms with E-state index in [4.69, 9.17) is 0 Å². The van der Waals surface area contributed by atoms with Crippen LogP contribution in [0.1, 0.15) is 18.4 Å². The lowest BCUT2D eigenvalue weighted by molar-refractivity contribution is -0.125. The van der Waals surface area contributed by atoms with E-state index in [0.29, 0.717) is 6.54 Å². The minimum Gasteiger partial charge on any atom is -0.352 e. The van der Waals surface area contributed by atoms with Crippen molar-refractivity contribution in [2.45, 2.75) is 24.3 Å². The van der Waals surface area contributed by atoms with Crippen LogP contribution >= 0.6 is 23.1 Å². The van der Waals surface area contributed by atoms with Crippen molar-refractivity contribution in [3.05, 3.63) is 48.2 Å². The van der Waals surface area contributed by atoms with Crippen molar-refractivity contribution in [1.29, 1.82) is 0 Å². The number of carbonyl (C=O) groups excluding carboxylic acids is 1. The molecule has 1 fully saturated rings. The smallest absolute Gasteiger partial charge is 0.225 e. The number of thiazole rings is 1. The Labute approximate surface area is 167 Å². The summed E-state index contributed by atoms with van der Waals surface area (Å²) in [4.78, 5) is 26.2. The maximum Gasteiger partial charge on any atom is 0.225 e. The van der Waals surface area contributed by atoms with Crippen LogP contribution in [0.25, 0.3) is 10.3 Å². The molecule has 1 amide bonds. The molecule has 0 spiro atoms. The molecule has 5 nitrogen and oxygen atoms in total. The molecule has 27 heavy (non-hydrogen) atoms. The van der Waals surface area contributed by atoms with E-state index in [1.165, 1.54) is 4.90 Å². The van der Waals surface area contributed by atoms with E-state index < -0.39 is 0 Å². The Bertz CT molecular complexity index is 892. The van der Waals surface area contributed by atoms with Gasteiger partial charge in [-0.3, -0.25) is 4.79 Å². The van der Waals surface area contributed by atoms with E-state index in [9.17, 15) is 4.79 Å². The van der Waals surface area contributed by atoms with Crippen molar-refractivity contribution in [1.82, 2.24) is 15.3 Å². The second kappa shape index (κ2) is 8.27. The van der Waals surface area contributed by atoms with Gasteiger partial charge in [-0.15, -0.1) is 11.8 Å². The van der Waals surface area contributed by atoms with Gasteiger partial charge >= 0.3 is 0 Å². The van der Waals surface area contributed by atoms with Crippen molar-refractivity contribution < 1.29 is 4.79 Å². The molecular weight excluding hydrogens is 376 g/mol. The second-order valence-electron chi connectivity index (χ2n) is 6.68. The Morgan fingerprint density at radius 3 is 2.96 bits per heavy atom. The van der Waals surface area contributed by atoms with Crippen LogP contribution in [0.4, 0.5) is 5.13 Å². The monoisotopic (exact) mass is 398 g/mol. The normalized spacial score (nSPS) is 17.2. The first kappa shape index (κ1) is 18.3. The van der Waals surface area contributed by atoms with Gasteiger partial charge in [-0.1, -0.05) is 23.5 Å². The molecule has 1 saturated heterocycles. The predicted molar refractivity (Wildman–Crippen MR) is 112 cm³/mol. The number of anilines is 1. The molecule has 140 valence electrons. The van der Waals surface area contributed by atoms with Gasteiger partial charge in [0.1, 0.15) is 10.3 Å². The van der Waals surface area contributed by atoms with E-state index in [2.05, 4.69) is 50.7 Å². The summed E-state index contributed by atoms with van der Waals surface area (Å²) >= 11 is 3.32. The van der Waals surface area contributed by atoms with Gasteiger partial charge in [-0.2, -0.15) is 0 Å². The fraction of sp³-hybridized carbons (Fsp3) is 0.350. The van der Waals surface area contributed by atoms with Gasteiger partial charge < -0.3 is 10.2 Å². The number of nitrogens with zero attached hydrogens (tertiary/aromatic N) is 3. The van der Waals surface area contributed by atoms with Gasteiger partial charge in [0, 0.05) is 30.7 Å². The summed E-state index contributed by atoms with van der Waals surface area (Å²) < 4.78 is 0. The van der Waals surface area contributed by atoms with Crippen LogP contribution in [0.2, 0.25) is 0 Å². The average Bonchev–Trinajstić information content (AvgIpc) is 3.17. The third-order valence-corrected chi connectivity index (χ3v) is 6.63. The predicted octanol–water partition coefficient (Wildman–Crippen LogP) is 3.95. The number of benzene rings is 1. The summed E-state index contributed by atoms with van der Waals surface area (Å²) in [6, 6.07) is 12.2. The Morgan fingerprint density at radius 2 is 2.19 bits per heavy atom. The minimum atomic E-state index is 0.00388. The summed E-state index contributed by atoms with van der Waals surface area (Å²) in [5.41, 5.74) is 2.06. The van der Waals surface area contributed by atoms with Gasteiger partial charge in [-0.05, 0) is 48.9 Å². The summed E-state index contributed by atoms with van der Waals surface area (Å²) in [5, 5.41) is 4.07. The van der Waals surface area contributed by atoms with Crippen molar-refractivity contribution >= 4 is 44.5 Å². The number of pyridine rings is 1. The molecule has 3 aromatic rings. The number of aromatic nitrogens is 2. The van der Waals surface area contributed by atoms with Crippen LogP contribution in [0.5, 0.6) is 0 Å². The zero-order chi connectivity index (χ0) is 18.6. The SMILES string of the molecule is CSc1ccc(CNC(=O)[C@H]2CCCN(c3nc4cccnc4s3)C2)cc1. The van der Waals surface area contributed by atoms with Gasteiger partial charge in [0.2, 0.25) is 5.91 Å². The van der Waals surface area contributed by atoms with E-state index >= 15 is 0 Å². The lowest BCUT2D eigenvalue weighted by Gasteiger charge is -2.31. The fourth-order valence-corrected chi connectivity index (χ4v) is 4.69. The Kier molecular flexibility index (Phi) is 5.59. The maximum atomic E-state index is 12.7. The molecule has 0 radical (unpaired) electrons. The van der Waals surface area contributed by atoms with E-state index in [1.807, 2.05) is 12.1 Å². The zero-order valence-electron chi connectivity index (χ0n) is 15.2. The number of nitrogens with one attached hydrogen (secondary N) is 1. The molecule has 0 bridgehead atoms. The topological polar surface area (TPSA) is 58.1 Å². The third-order valence-electron chi connectivity index (χ3n) is 4.84. The van der Waals surface area contributed by atoms with Gasteiger partial charge in [-0.25, -0.2) is 9.97 Å². The molecule has 0 aliphatic carbocycles. The minimum absolute atomic E-state index is 0.00388. The largest absolute Gasteiger partial charge is 0.352 e. The molecule has 1 aliphatic rings. The molecular formula is C20H22N4OS2. The number of hydrogen-bond donors (Lipinski definition) is 1. The first-order chi connectivity index (χ1) is 13.2. The van der Waals surface area contributed by atoms with Crippen LogP contribution in [0.15, 0.2) is 47.5 Å². The standard InChI is InChI=1S/C20H22N4OS2/c1-26-16-8-6-14(7-9-16)12-22-18(25)15-4-3-11-24(13-15)20-23-17-5-2-10-21-19(17)27-20/h2,5-10,15H,3-4,11-13H2,1H3,(H,22,25)/t15-/m0/s1. The number of fused-ring (bicyclic) bond motifs is 1. The lowest BCUT2D eigenvalue weighted by Crippen LogP contribution is -2.42. The molecule has 1 aliphatic heterocycles. The molecule has 0 saturated carbocycles. The van der Waals surface area contributed by atoms with Gasteiger partial charge in [0.15, 0.2) is 5.13 Å². The highest BCUT2D eigenvalue weighted by Crippen LogP contribution is 2.30. The van der Waals surface area contributed by atoms with Crippen LogP contribution < -0.4 is 10.2 Å². The summed E-state index contributed by atoms with van der Waals surface area (Å²) in [6.45, 7) is 2.24. The number of piperidine rings is 1. The summed E-state index contributed by atoms with van der Waals surface area (Å²) in [6.07, 6.45) is 5.79. The highest BCUT2D eigenvalue weighted by molar-refractivity contribution is 7.98.